The van der Waals surface area contributed by atoms with E-state index in [0.29, 0.717) is 19.3 Å². The molecule has 0 bridgehead atoms. The Kier molecular flexibility index (Phi) is 51.3. The number of hydrogen-bond donors (Lipinski definition) is 0. The summed E-state index contributed by atoms with van der Waals surface area (Å²) < 4.78 is 16.8. The molecule has 0 aromatic rings. The summed E-state index contributed by atoms with van der Waals surface area (Å²) in [4.78, 5) is 38.0. The zero-order valence-electron chi connectivity index (χ0n) is 42.8. The number of allylic oxidation sites excluding steroid dienone is 6. The quantitative estimate of drug-likeness (QED) is 0.0262. The minimum Gasteiger partial charge on any atom is -0.462 e. The molecule has 6 heteroatoms. The minimum atomic E-state index is -0.772. The molecule has 0 N–H and O–H groups in total. The number of ether oxygens (including phenoxy) is 3. The predicted octanol–water partition coefficient (Wildman–Crippen LogP) is 18.5. The molecular formula is C58H106O6. The van der Waals surface area contributed by atoms with Crippen LogP contribution < -0.4 is 0 Å². The molecule has 374 valence electrons. The van der Waals surface area contributed by atoms with E-state index in [1.807, 2.05) is 0 Å². The van der Waals surface area contributed by atoms with E-state index in [0.717, 1.165) is 77.0 Å². The zero-order chi connectivity index (χ0) is 46.5. The number of carbonyl (C=O) groups is 3. The van der Waals surface area contributed by atoms with Crippen LogP contribution >= 0.6 is 0 Å². The van der Waals surface area contributed by atoms with E-state index in [1.54, 1.807) is 0 Å². The summed E-state index contributed by atoms with van der Waals surface area (Å²) in [6.07, 6.45) is 62.7. The predicted molar refractivity (Wildman–Crippen MR) is 275 cm³/mol. The van der Waals surface area contributed by atoms with Gasteiger partial charge < -0.3 is 14.2 Å². The van der Waals surface area contributed by atoms with Crippen molar-refractivity contribution in [1.82, 2.24) is 0 Å². The first-order valence-corrected chi connectivity index (χ1v) is 28.0. The van der Waals surface area contributed by atoms with Gasteiger partial charge in [0.15, 0.2) is 6.10 Å². The summed E-state index contributed by atoms with van der Waals surface area (Å²) in [5.41, 5.74) is 0. The molecule has 0 heterocycles. The standard InChI is InChI=1S/C58H106O6/c1-4-7-10-13-16-19-22-24-26-28-29-30-32-33-36-39-42-45-48-51-57(60)63-54-55(53-62-56(59)50-47-44-41-38-35-21-18-15-12-9-6-3)64-58(61)52-49-46-43-40-37-34-31-27-25-23-20-17-14-11-8-5-2/h16,19,24,26,29-30,55H,4-15,17-18,20-23,25,27-28,31-54H2,1-3H3/b19-16-,26-24-,30-29-/t55-/m1/s1. The van der Waals surface area contributed by atoms with Crippen LogP contribution in [0, 0.1) is 0 Å². The molecule has 0 saturated heterocycles. The molecule has 0 aliphatic rings. The van der Waals surface area contributed by atoms with E-state index in [9.17, 15) is 14.4 Å². The number of rotatable bonds is 51. The Morgan fingerprint density at radius 3 is 0.906 bits per heavy atom. The minimum absolute atomic E-state index is 0.0718. The van der Waals surface area contributed by atoms with Gasteiger partial charge in [-0.2, -0.15) is 0 Å². The summed E-state index contributed by atoms with van der Waals surface area (Å²) in [6, 6.07) is 0. The van der Waals surface area contributed by atoms with Gasteiger partial charge in [-0.25, -0.2) is 0 Å². The lowest BCUT2D eigenvalue weighted by atomic mass is 10.0. The van der Waals surface area contributed by atoms with Crippen LogP contribution in [0.5, 0.6) is 0 Å². The lowest BCUT2D eigenvalue weighted by Crippen LogP contribution is -2.30. The van der Waals surface area contributed by atoms with Crippen molar-refractivity contribution in [2.45, 2.75) is 303 Å². The molecule has 0 spiro atoms. The third-order valence-corrected chi connectivity index (χ3v) is 12.4. The molecule has 0 unspecified atom stereocenters. The van der Waals surface area contributed by atoms with Gasteiger partial charge in [0.1, 0.15) is 13.2 Å². The first kappa shape index (κ1) is 61.6. The highest BCUT2D eigenvalue weighted by atomic mass is 16.6. The summed E-state index contributed by atoms with van der Waals surface area (Å²) in [5, 5.41) is 0. The van der Waals surface area contributed by atoms with Gasteiger partial charge in [0.2, 0.25) is 0 Å². The van der Waals surface area contributed by atoms with Gasteiger partial charge >= 0.3 is 17.9 Å². The zero-order valence-corrected chi connectivity index (χ0v) is 42.8. The van der Waals surface area contributed by atoms with Gasteiger partial charge in [-0.1, -0.05) is 256 Å². The van der Waals surface area contributed by atoms with Crippen LogP contribution in [0.4, 0.5) is 0 Å². The number of carbonyl (C=O) groups excluding carboxylic acids is 3. The maximum absolute atomic E-state index is 12.8. The first-order valence-electron chi connectivity index (χ1n) is 28.0. The van der Waals surface area contributed by atoms with Crippen molar-refractivity contribution < 1.29 is 28.6 Å². The Bertz CT molecular complexity index is 1080. The van der Waals surface area contributed by atoms with Crippen molar-refractivity contribution in [3.63, 3.8) is 0 Å². The Labute approximate surface area is 397 Å². The summed E-state index contributed by atoms with van der Waals surface area (Å²) in [7, 11) is 0. The third kappa shape index (κ3) is 50.6. The summed E-state index contributed by atoms with van der Waals surface area (Å²) in [5.74, 6) is -0.869. The second kappa shape index (κ2) is 53.2. The van der Waals surface area contributed by atoms with Crippen LogP contribution in [0.2, 0.25) is 0 Å². The highest BCUT2D eigenvalue weighted by Crippen LogP contribution is 2.16. The van der Waals surface area contributed by atoms with E-state index in [2.05, 4.69) is 57.2 Å². The van der Waals surface area contributed by atoms with Crippen LogP contribution in [0.1, 0.15) is 297 Å². The average Bonchev–Trinajstić information content (AvgIpc) is 3.29. The number of esters is 3. The van der Waals surface area contributed by atoms with Crippen molar-refractivity contribution in [2.75, 3.05) is 13.2 Å². The van der Waals surface area contributed by atoms with Crippen LogP contribution in [0.3, 0.4) is 0 Å². The molecule has 0 amide bonds. The van der Waals surface area contributed by atoms with Crippen LogP contribution in [0.15, 0.2) is 36.5 Å². The fourth-order valence-electron chi connectivity index (χ4n) is 8.16. The number of hydrogen-bond acceptors (Lipinski definition) is 6. The Hall–Kier alpha value is -2.37. The average molecular weight is 899 g/mol. The second-order valence-corrected chi connectivity index (χ2v) is 18.9. The van der Waals surface area contributed by atoms with Crippen molar-refractivity contribution in [2.24, 2.45) is 0 Å². The highest BCUT2D eigenvalue weighted by Gasteiger charge is 2.19. The first-order chi connectivity index (χ1) is 31.5. The fraction of sp³-hybridized carbons (Fsp3) is 0.845. The lowest BCUT2D eigenvalue weighted by Gasteiger charge is -2.18. The maximum Gasteiger partial charge on any atom is 0.306 e. The molecule has 0 rings (SSSR count). The van der Waals surface area contributed by atoms with Gasteiger partial charge in [0.25, 0.3) is 0 Å². The lowest BCUT2D eigenvalue weighted by molar-refractivity contribution is -0.167. The SMILES string of the molecule is CCCCC/C=C\C/C=C\C/C=C\CCCCCCCCC(=O)OC[C@@H](COC(=O)CCCCCCCCCCCCC)OC(=O)CCCCCCCCCCCCCCCCCC. The molecule has 64 heavy (non-hydrogen) atoms. The van der Waals surface area contributed by atoms with E-state index in [-0.39, 0.29) is 31.1 Å². The molecule has 0 aromatic carbocycles. The molecular weight excluding hydrogens is 793 g/mol. The Morgan fingerprint density at radius 2 is 0.562 bits per heavy atom. The van der Waals surface area contributed by atoms with Crippen LogP contribution in [-0.2, 0) is 28.6 Å². The molecule has 0 aliphatic heterocycles. The molecule has 0 aliphatic carbocycles. The van der Waals surface area contributed by atoms with Crippen molar-refractivity contribution in [1.29, 1.82) is 0 Å². The van der Waals surface area contributed by atoms with E-state index in [4.69, 9.17) is 14.2 Å². The van der Waals surface area contributed by atoms with Gasteiger partial charge in [-0.3, -0.25) is 14.4 Å². The van der Waals surface area contributed by atoms with Crippen molar-refractivity contribution in [3.05, 3.63) is 36.5 Å². The van der Waals surface area contributed by atoms with Crippen LogP contribution in [0.25, 0.3) is 0 Å². The molecule has 0 fully saturated rings. The van der Waals surface area contributed by atoms with Gasteiger partial charge in [-0.05, 0) is 57.8 Å². The maximum atomic E-state index is 12.8. The molecule has 0 saturated carbocycles. The number of unbranched alkanes of at least 4 members (excludes halogenated alkanes) is 34. The van der Waals surface area contributed by atoms with E-state index >= 15 is 0 Å². The van der Waals surface area contributed by atoms with Crippen LogP contribution in [-0.4, -0.2) is 37.2 Å². The summed E-state index contributed by atoms with van der Waals surface area (Å²) in [6.45, 7) is 6.63. The molecule has 0 radical (unpaired) electrons. The smallest absolute Gasteiger partial charge is 0.306 e. The van der Waals surface area contributed by atoms with E-state index < -0.39 is 6.10 Å². The fourth-order valence-corrected chi connectivity index (χ4v) is 8.16. The molecule has 6 nitrogen and oxygen atoms in total. The van der Waals surface area contributed by atoms with Crippen molar-refractivity contribution in [3.8, 4) is 0 Å². The van der Waals surface area contributed by atoms with Crippen molar-refractivity contribution >= 4 is 17.9 Å². The van der Waals surface area contributed by atoms with Gasteiger partial charge in [0, 0.05) is 19.3 Å². The second-order valence-electron chi connectivity index (χ2n) is 18.9. The molecule has 0 aromatic heterocycles. The topological polar surface area (TPSA) is 78.9 Å². The largest absolute Gasteiger partial charge is 0.462 e. The van der Waals surface area contributed by atoms with E-state index in [1.165, 1.54) is 180 Å². The third-order valence-electron chi connectivity index (χ3n) is 12.4. The van der Waals surface area contributed by atoms with Gasteiger partial charge in [-0.15, -0.1) is 0 Å². The summed E-state index contributed by atoms with van der Waals surface area (Å²) >= 11 is 0. The Balaban J connectivity index is 4.33. The monoisotopic (exact) mass is 899 g/mol. The normalized spacial score (nSPS) is 12.2. The Morgan fingerprint density at radius 1 is 0.312 bits per heavy atom. The molecule has 1 atom stereocenters. The highest BCUT2D eigenvalue weighted by molar-refractivity contribution is 5.71. The van der Waals surface area contributed by atoms with Gasteiger partial charge in [0.05, 0.1) is 0 Å².